The first-order valence-corrected chi connectivity index (χ1v) is 12.9. The van der Waals surface area contributed by atoms with Crippen LogP contribution in [0, 0.1) is 59.7 Å². The van der Waals surface area contributed by atoms with Crippen LogP contribution in [0.1, 0.15) is 27.9 Å². The predicted molar refractivity (Wildman–Crippen MR) is 148 cm³/mol. The lowest BCUT2D eigenvalue weighted by Gasteiger charge is -2.20. The molecular weight excluding hydrogens is 628 g/mol. The number of hydrogen-bond acceptors (Lipinski definition) is 2. The van der Waals surface area contributed by atoms with E-state index >= 15 is 4.39 Å². The molecule has 0 fully saturated rings. The third-order valence-corrected chi connectivity index (χ3v) is 6.43. The number of aryl methyl sites for hydroxylation is 1. The normalized spacial score (nSPS) is 11.5. The molecule has 0 aliphatic heterocycles. The van der Waals surface area contributed by atoms with Crippen molar-refractivity contribution < 1.29 is 48.6 Å². The van der Waals surface area contributed by atoms with Crippen LogP contribution in [-0.2, 0) is 6.11 Å². The lowest BCUT2D eigenvalue weighted by atomic mass is 9.98. The van der Waals surface area contributed by atoms with Gasteiger partial charge in [-0.3, -0.25) is 0 Å². The van der Waals surface area contributed by atoms with Crippen LogP contribution in [0.15, 0.2) is 72.9 Å². The van der Waals surface area contributed by atoms with E-state index in [1.54, 1.807) is 19.1 Å². The summed E-state index contributed by atoms with van der Waals surface area (Å²) in [6.07, 6.45) is -8.07. The van der Waals surface area contributed by atoms with Crippen molar-refractivity contribution >= 4 is 10.8 Å². The highest BCUT2D eigenvalue weighted by Gasteiger charge is 2.41. The second kappa shape index (κ2) is 12.1. The molecule has 0 N–H and O–H groups in total. The Labute approximate surface area is 254 Å². The number of pyridine rings is 1. The summed E-state index contributed by atoms with van der Waals surface area (Å²) < 4.78 is 145. The van der Waals surface area contributed by atoms with Crippen LogP contribution in [-0.4, -0.2) is 11.2 Å². The van der Waals surface area contributed by atoms with E-state index in [0.717, 1.165) is 41.8 Å². The zero-order valence-corrected chi connectivity index (χ0v) is 23.1. The maximum Gasteiger partial charge on any atom is 0.458 e. The molecule has 2 nitrogen and oxygen atoms in total. The van der Waals surface area contributed by atoms with Crippen molar-refractivity contribution in [1.29, 1.82) is 0 Å². The molecule has 0 unspecified atom stereocenters. The molecule has 5 aromatic rings. The Morgan fingerprint density at radius 1 is 0.696 bits per heavy atom. The minimum Gasteiger partial charge on any atom is -0.429 e. The minimum atomic E-state index is -4.99. The van der Waals surface area contributed by atoms with Gasteiger partial charge in [-0.1, -0.05) is 30.0 Å². The molecule has 232 valence electrons. The van der Waals surface area contributed by atoms with Crippen LogP contribution < -0.4 is 4.74 Å². The van der Waals surface area contributed by atoms with E-state index in [-0.39, 0.29) is 33.2 Å². The molecule has 4 aromatic carbocycles. The summed E-state index contributed by atoms with van der Waals surface area (Å²) in [6.45, 7) is 1.79. The van der Waals surface area contributed by atoms with Gasteiger partial charge in [0.1, 0.15) is 46.1 Å². The maximum atomic E-state index is 15.0. The fourth-order valence-electron chi connectivity index (χ4n) is 4.34. The SMILES string of the molecule is Cc1ccc(C#Cc2cc(F)c(C(F)(F)Oc3ccc(-c4ccc5c(F)c(C#CC(F)(F)F)c(F)cc5c4)c(F)c3)c(F)c2)nc1. The zero-order chi connectivity index (χ0) is 33.4. The molecule has 0 bridgehead atoms. The van der Waals surface area contributed by atoms with E-state index in [9.17, 15) is 39.5 Å². The van der Waals surface area contributed by atoms with Gasteiger partial charge in [0.15, 0.2) is 0 Å². The summed E-state index contributed by atoms with van der Waals surface area (Å²) in [6, 6.07) is 10.8. The van der Waals surface area contributed by atoms with Crippen LogP contribution in [0.4, 0.5) is 43.9 Å². The highest BCUT2D eigenvalue weighted by molar-refractivity contribution is 5.89. The fourth-order valence-corrected chi connectivity index (χ4v) is 4.34. The number of nitrogens with zero attached hydrogens (tertiary/aromatic N) is 1. The van der Waals surface area contributed by atoms with E-state index in [1.165, 1.54) is 12.1 Å². The number of alkyl halides is 5. The third kappa shape index (κ3) is 6.92. The number of halogens is 10. The first kappa shape index (κ1) is 31.9. The molecule has 0 atom stereocenters. The summed E-state index contributed by atoms with van der Waals surface area (Å²) in [5.41, 5.74) is -2.22. The van der Waals surface area contributed by atoms with Gasteiger partial charge in [-0.2, -0.15) is 22.0 Å². The molecular formula is C34H15F10NO. The van der Waals surface area contributed by atoms with Gasteiger partial charge in [-0.25, -0.2) is 26.9 Å². The maximum absolute atomic E-state index is 15.0. The van der Waals surface area contributed by atoms with Crippen LogP contribution in [0.3, 0.4) is 0 Å². The monoisotopic (exact) mass is 643 g/mol. The predicted octanol–water partition coefficient (Wildman–Crippen LogP) is 9.35. The van der Waals surface area contributed by atoms with Crippen LogP contribution in [0.2, 0.25) is 0 Å². The molecule has 0 amide bonds. The van der Waals surface area contributed by atoms with Gasteiger partial charge in [-0.05, 0) is 71.8 Å². The van der Waals surface area contributed by atoms with Gasteiger partial charge in [0.2, 0.25) is 0 Å². The zero-order valence-electron chi connectivity index (χ0n) is 23.1. The number of benzene rings is 4. The molecule has 0 saturated heterocycles. The topological polar surface area (TPSA) is 22.1 Å². The van der Waals surface area contributed by atoms with E-state index in [2.05, 4.69) is 21.6 Å². The summed E-state index contributed by atoms with van der Waals surface area (Å²) in [7, 11) is 0. The molecule has 5 rings (SSSR count). The van der Waals surface area contributed by atoms with Crippen molar-refractivity contribution in [2.24, 2.45) is 0 Å². The lowest BCUT2D eigenvalue weighted by molar-refractivity contribution is -0.189. The Kier molecular flexibility index (Phi) is 8.42. The Morgan fingerprint density at radius 2 is 1.41 bits per heavy atom. The van der Waals surface area contributed by atoms with Crippen LogP contribution in [0.5, 0.6) is 5.75 Å². The molecule has 0 radical (unpaired) electrons. The van der Waals surface area contributed by atoms with Crippen molar-refractivity contribution in [3.8, 4) is 40.6 Å². The first-order valence-electron chi connectivity index (χ1n) is 12.9. The van der Waals surface area contributed by atoms with E-state index in [1.807, 2.05) is 0 Å². The Balaban J connectivity index is 1.40. The standard InChI is InChI=1S/C34H15F10NO/c1-18-2-5-22(45-17-18)6-3-19-12-29(37)31(30(38)13-19)34(43,44)46-23-7-9-24(28(36)16-23)20-4-8-25-21(14-20)15-27(35)26(32(25)39)10-11-33(40,41)42/h2,4-5,7-9,12-17H,1H3. The molecule has 0 saturated carbocycles. The quantitative estimate of drug-likeness (QED) is 0.144. The molecule has 1 heterocycles. The van der Waals surface area contributed by atoms with Gasteiger partial charge >= 0.3 is 12.3 Å². The first-order chi connectivity index (χ1) is 21.6. The van der Waals surface area contributed by atoms with Gasteiger partial charge in [0, 0.05) is 34.7 Å². The average Bonchev–Trinajstić information content (AvgIpc) is 2.95. The minimum absolute atomic E-state index is 0.00543. The fraction of sp³-hybridized carbons (Fsp3) is 0.0882. The summed E-state index contributed by atoms with van der Waals surface area (Å²) in [5, 5.41) is -0.477. The number of fused-ring (bicyclic) bond motifs is 1. The molecule has 0 aliphatic carbocycles. The van der Waals surface area contributed by atoms with E-state index in [0.29, 0.717) is 24.3 Å². The largest absolute Gasteiger partial charge is 0.458 e. The number of ether oxygens (including phenoxy) is 1. The molecule has 1 aromatic heterocycles. The smallest absolute Gasteiger partial charge is 0.429 e. The van der Waals surface area contributed by atoms with Crippen molar-refractivity contribution in [2.75, 3.05) is 0 Å². The lowest BCUT2D eigenvalue weighted by Crippen LogP contribution is -2.25. The van der Waals surface area contributed by atoms with Crippen molar-refractivity contribution in [1.82, 2.24) is 4.98 Å². The molecule has 0 spiro atoms. The van der Waals surface area contributed by atoms with Crippen molar-refractivity contribution in [2.45, 2.75) is 19.2 Å². The van der Waals surface area contributed by atoms with E-state index in [4.69, 9.17) is 0 Å². The second-order valence-corrected chi connectivity index (χ2v) is 9.78. The highest BCUT2D eigenvalue weighted by Crippen LogP contribution is 2.37. The summed E-state index contributed by atoms with van der Waals surface area (Å²) >= 11 is 0. The van der Waals surface area contributed by atoms with Crippen molar-refractivity contribution in [3.05, 3.63) is 130 Å². The number of hydrogen-bond donors (Lipinski definition) is 0. The molecule has 46 heavy (non-hydrogen) atoms. The van der Waals surface area contributed by atoms with Crippen molar-refractivity contribution in [3.63, 3.8) is 0 Å². The molecule has 0 aliphatic rings. The van der Waals surface area contributed by atoms with E-state index < -0.39 is 58.2 Å². The summed E-state index contributed by atoms with van der Waals surface area (Å²) in [4.78, 5) is 4.01. The Morgan fingerprint density at radius 3 is 2.04 bits per heavy atom. The summed E-state index contributed by atoms with van der Waals surface area (Å²) in [5.74, 6) is -0.889. The molecule has 12 heteroatoms. The van der Waals surface area contributed by atoms with Gasteiger partial charge in [0.25, 0.3) is 0 Å². The third-order valence-electron chi connectivity index (χ3n) is 6.43. The second-order valence-electron chi connectivity index (χ2n) is 9.78. The Bertz CT molecular complexity index is 2090. The number of aromatic nitrogens is 1. The average molecular weight is 643 g/mol. The van der Waals surface area contributed by atoms with Gasteiger partial charge in [-0.15, -0.1) is 0 Å². The van der Waals surface area contributed by atoms with Crippen LogP contribution in [0.25, 0.3) is 21.9 Å². The van der Waals surface area contributed by atoms with Gasteiger partial charge in [0.05, 0.1) is 5.56 Å². The Hall–Kier alpha value is -5.49. The van der Waals surface area contributed by atoms with Crippen LogP contribution >= 0.6 is 0 Å². The highest BCUT2D eigenvalue weighted by atomic mass is 19.4. The number of rotatable bonds is 4. The van der Waals surface area contributed by atoms with Gasteiger partial charge < -0.3 is 4.74 Å².